The zero-order valence-corrected chi connectivity index (χ0v) is 12.5. The molecule has 0 heterocycles. The van der Waals surface area contributed by atoms with E-state index in [4.69, 9.17) is 9.47 Å². The van der Waals surface area contributed by atoms with Gasteiger partial charge in [-0.3, -0.25) is 4.79 Å². The van der Waals surface area contributed by atoms with Crippen molar-refractivity contribution in [1.82, 2.24) is 5.32 Å². The van der Waals surface area contributed by atoms with E-state index in [2.05, 4.69) is 5.32 Å². The topological polar surface area (TPSA) is 64.6 Å². The molecule has 2 rings (SSSR count). The zero-order valence-electron chi connectivity index (χ0n) is 12.5. The van der Waals surface area contributed by atoms with Gasteiger partial charge in [0.15, 0.2) is 12.7 Å². The highest BCUT2D eigenvalue weighted by Gasteiger charge is 2.23. The molecule has 1 saturated carbocycles. The number of carbonyl (C=O) groups is 2. The van der Waals surface area contributed by atoms with Crippen molar-refractivity contribution in [3.63, 3.8) is 0 Å². The van der Waals surface area contributed by atoms with Crippen LogP contribution in [0.5, 0.6) is 5.75 Å². The smallest absolute Gasteiger partial charge is 0.344 e. The summed E-state index contributed by atoms with van der Waals surface area (Å²) in [4.78, 5) is 23.5. The van der Waals surface area contributed by atoms with Gasteiger partial charge in [0.05, 0.1) is 0 Å². The Hall–Kier alpha value is -2.11. The molecular formula is C16H20FNO4. The Balaban J connectivity index is 1.71. The molecule has 1 aliphatic carbocycles. The van der Waals surface area contributed by atoms with E-state index in [9.17, 15) is 14.0 Å². The van der Waals surface area contributed by atoms with Crippen LogP contribution in [-0.4, -0.2) is 30.6 Å². The van der Waals surface area contributed by atoms with E-state index >= 15 is 0 Å². The van der Waals surface area contributed by atoms with Gasteiger partial charge in [-0.1, -0.05) is 12.8 Å². The van der Waals surface area contributed by atoms with Gasteiger partial charge in [-0.2, -0.15) is 0 Å². The molecule has 1 atom stereocenters. The second-order valence-electron chi connectivity index (χ2n) is 5.36. The standard InChI is InChI=1S/C16H20FNO4/c1-11(16(20)18-13-4-2-3-5-13)22-15(19)10-21-14-8-6-12(17)7-9-14/h6-9,11,13H,2-5,10H2,1H3,(H,18,20)/t11-/m1/s1. The third kappa shape index (κ3) is 5.02. The number of hydrogen-bond acceptors (Lipinski definition) is 4. The fraction of sp³-hybridized carbons (Fsp3) is 0.500. The summed E-state index contributed by atoms with van der Waals surface area (Å²) in [5.41, 5.74) is 0. The van der Waals surface area contributed by atoms with Crippen LogP contribution in [0, 0.1) is 5.82 Å². The second-order valence-corrected chi connectivity index (χ2v) is 5.36. The van der Waals surface area contributed by atoms with Crippen molar-refractivity contribution >= 4 is 11.9 Å². The minimum Gasteiger partial charge on any atom is -0.482 e. The Morgan fingerprint density at radius 3 is 2.55 bits per heavy atom. The van der Waals surface area contributed by atoms with E-state index in [-0.39, 0.29) is 24.4 Å². The van der Waals surface area contributed by atoms with E-state index in [1.165, 1.54) is 31.2 Å². The van der Waals surface area contributed by atoms with Crippen molar-refractivity contribution < 1.29 is 23.5 Å². The molecule has 0 radical (unpaired) electrons. The van der Waals surface area contributed by atoms with E-state index in [0.717, 1.165) is 25.7 Å². The normalized spacial score (nSPS) is 16.1. The molecule has 22 heavy (non-hydrogen) atoms. The lowest BCUT2D eigenvalue weighted by atomic mass is 10.2. The van der Waals surface area contributed by atoms with Crippen molar-refractivity contribution in [3.05, 3.63) is 30.1 Å². The third-order valence-corrected chi connectivity index (χ3v) is 3.55. The summed E-state index contributed by atoms with van der Waals surface area (Å²) in [5, 5.41) is 2.87. The molecule has 0 saturated heterocycles. The molecule has 1 aromatic rings. The average molecular weight is 309 g/mol. The molecule has 1 aromatic carbocycles. The van der Waals surface area contributed by atoms with Crippen molar-refractivity contribution in [1.29, 1.82) is 0 Å². The van der Waals surface area contributed by atoms with Gasteiger partial charge in [0.1, 0.15) is 11.6 Å². The lowest BCUT2D eigenvalue weighted by Gasteiger charge is -2.17. The highest BCUT2D eigenvalue weighted by atomic mass is 19.1. The highest BCUT2D eigenvalue weighted by molar-refractivity contribution is 5.83. The first-order chi connectivity index (χ1) is 10.5. The number of esters is 1. The van der Waals surface area contributed by atoms with Gasteiger partial charge in [-0.25, -0.2) is 9.18 Å². The fourth-order valence-electron chi connectivity index (χ4n) is 2.35. The maximum atomic E-state index is 12.7. The van der Waals surface area contributed by atoms with Gasteiger partial charge < -0.3 is 14.8 Å². The van der Waals surface area contributed by atoms with E-state index in [1.54, 1.807) is 0 Å². The van der Waals surface area contributed by atoms with Crippen molar-refractivity contribution in [3.8, 4) is 5.75 Å². The van der Waals surface area contributed by atoms with E-state index in [0.29, 0.717) is 5.75 Å². The Morgan fingerprint density at radius 1 is 1.27 bits per heavy atom. The van der Waals surface area contributed by atoms with Gasteiger partial charge in [-0.15, -0.1) is 0 Å². The van der Waals surface area contributed by atoms with Crippen LogP contribution in [-0.2, 0) is 14.3 Å². The predicted molar refractivity (Wildman–Crippen MR) is 77.8 cm³/mol. The molecule has 0 bridgehead atoms. The molecule has 0 spiro atoms. The quantitative estimate of drug-likeness (QED) is 0.818. The lowest BCUT2D eigenvalue weighted by molar-refractivity contribution is -0.156. The molecule has 120 valence electrons. The first-order valence-corrected chi connectivity index (χ1v) is 7.43. The first kappa shape index (κ1) is 16.3. The molecule has 1 aliphatic rings. The van der Waals surface area contributed by atoms with Crippen LogP contribution in [0.3, 0.4) is 0 Å². The molecular weight excluding hydrogens is 289 g/mol. The number of hydrogen-bond donors (Lipinski definition) is 1. The zero-order chi connectivity index (χ0) is 15.9. The number of amides is 1. The van der Waals surface area contributed by atoms with Gasteiger partial charge in [-0.05, 0) is 44.0 Å². The van der Waals surface area contributed by atoms with Crippen molar-refractivity contribution in [2.45, 2.75) is 44.8 Å². The summed E-state index contributed by atoms with van der Waals surface area (Å²) in [6.07, 6.45) is 3.32. The molecule has 0 unspecified atom stereocenters. The number of ether oxygens (including phenoxy) is 2. The van der Waals surface area contributed by atoms with Crippen LogP contribution in [0.2, 0.25) is 0 Å². The Labute approximate surface area is 128 Å². The Morgan fingerprint density at radius 2 is 1.91 bits per heavy atom. The first-order valence-electron chi connectivity index (χ1n) is 7.43. The van der Waals surface area contributed by atoms with Gasteiger partial charge >= 0.3 is 5.97 Å². The third-order valence-electron chi connectivity index (χ3n) is 3.55. The van der Waals surface area contributed by atoms with E-state index in [1.807, 2.05) is 0 Å². The monoisotopic (exact) mass is 309 g/mol. The van der Waals surface area contributed by atoms with Crippen LogP contribution >= 0.6 is 0 Å². The van der Waals surface area contributed by atoms with Crippen LogP contribution in [0.1, 0.15) is 32.6 Å². The average Bonchev–Trinajstić information content (AvgIpc) is 2.99. The predicted octanol–water partition coefficient (Wildman–Crippen LogP) is 2.20. The van der Waals surface area contributed by atoms with Crippen LogP contribution in [0.25, 0.3) is 0 Å². The van der Waals surface area contributed by atoms with Gasteiger partial charge in [0.25, 0.3) is 5.91 Å². The molecule has 1 N–H and O–H groups in total. The minimum absolute atomic E-state index is 0.184. The summed E-state index contributed by atoms with van der Waals surface area (Å²) in [5.74, 6) is -0.950. The highest BCUT2D eigenvalue weighted by Crippen LogP contribution is 2.17. The number of benzene rings is 1. The van der Waals surface area contributed by atoms with Crippen LogP contribution < -0.4 is 10.1 Å². The second kappa shape index (κ2) is 7.77. The molecule has 1 fully saturated rings. The number of rotatable bonds is 6. The summed E-state index contributed by atoms with van der Waals surface area (Å²) in [6.45, 7) is 1.20. The summed E-state index contributed by atoms with van der Waals surface area (Å²) in [7, 11) is 0. The Bertz CT molecular complexity index is 511. The largest absolute Gasteiger partial charge is 0.482 e. The summed E-state index contributed by atoms with van der Waals surface area (Å²) in [6, 6.07) is 5.48. The molecule has 5 nitrogen and oxygen atoms in total. The minimum atomic E-state index is -0.857. The fourth-order valence-corrected chi connectivity index (χ4v) is 2.35. The molecule has 1 amide bonds. The van der Waals surface area contributed by atoms with Gasteiger partial charge in [0, 0.05) is 6.04 Å². The van der Waals surface area contributed by atoms with Gasteiger partial charge in [0.2, 0.25) is 0 Å². The number of nitrogens with one attached hydrogen (secondary N) is 1. The molecule has 0 aliphatic heterocycles. The van der Waals surface area contributed by atoms with Crippen LogP contribution in [0.4, 0.5) is 4.39 Å². The summed E-state index contributed by atoms with van der Waals surface area (Å²) >= 11 is 0. The molecule has 6 heteroatoms. The van der Waals surface area contributed by atoms with E-state index < -0.39 is 12.1 Å². The lowest BCUT2D eigenvalue weighted by Crippen LogP contribution is -2.41. The SMILES string of the molecule is C[C@@H](OC(=O)COc1ccc(F)cc1)C(=O)NC1CCCC1. The maximum absolute atomic E-state index is 12.7. The molecule has 0 aromatic heterocycles. The number of carbonyl (C=O) groups excluding carboxylic acids is 2. The Kier molecular flexibility index (Phi) is 5.75. The number of halogens is 1. The van der Waals surface area contributed by atoms with Crippen molar-refractivity contribution in [2.24, 2.45) is 0 Å². The van der Waals surface area contributed by atoms with Crippen molar-refractivity contribution in [2.75, 3.05) is 6.61 Å². The summed E-state index contributed by atoms with van der Waals surface area (Å²) < 4.78 is 22.9. The van der Waals surface area contributed by atoms with Crippen LogP contribution in [0.15, 0.2) is 24.3 Å². The maximum Gasteiger partial charge on any atom is 0.344 e.